The van der Waals surface area contributed by atoms with Crippen LogP contribution in [0, 0.1) is 0 Å². The van der Waals surface area contributed by atoms with Gasteiger partial charge in [-0.25, -0.2) is 0 Å². The summed E-state index contributed by atoms with van der Waals surface area (Å²) < 4.78 is 5.71. The van der Waals surface area contributed by atoms with Gasteiger partial charge in [0, 0.05) is 36.3 Å². The fourth-order valence-electron chi connectivity index (χ4n) is 2.46. The van der Waals surface area contributed by atoms with Crippen LogP contribution in [0.5, 0.6) is 5.75 Å². The minimum absolute atomic E-state index is 0. The highest BCUT2D eigenvalue weighted by Crippen LogP contribution is 2.19. The predicted octanol–water partition coefficient (Wildman–Crippen LogP) is 2.17. The summed E-state index contributed by atoms with van der Waals surface area (Å²) >= 11 is 0. The molecule has 0 spiro atoms. The Bertz CT molecular complexity index is 673. The van der Waals surface area contributed by atoms with Crippen LogP contribution in [0.2, 0.25) is 0 Å². The summed E-state index contributed by atoms with van der Waals surface area (Å²) in [6, 6.07) is 10.7. The molecule has 1 amide bonds. The molecule has 3 N–H and O–H groups in total. The molecule has 1 fully saturated rings. The zero-order valence-corrected chi connectivity index (χ0v) is 15.1. The fourth-order valence-corrected chi connectivity index (χ4v) is 2.46. The van der Waals surface area contributed by atoms with E-state index in [-0.39, 0.29) is 36.8 Å². The molecule has 1 saturated heterocycles. The molecule has 2 aromatic rings. The van der Waals surface area contributed by atoms with E-state index in [4.69, 9.17) is 4.74 Å². The molecule has 3 rings (SSSR count). The fraction of sp³-hybridized carbons (Fsp3) is 0.294. The summed E-state index contributed by atoms with van der Waals surface area (Å²) in [4.78, 5) is 16.2. The van der Waals surface area contributed by atoms with E-state index in [2.05, 4.69) is 15.6 Å². The number of anilines is 1. The van der Waals surface area contributed by atoms with Crippen molar-refractivity contribution < 1.29 is 14.6 Å². The molecule has 1 aliphatic heterocycles. The van der Waals surface area contributed by atoms with Gasteiger partial charge in [0.1, 0.15) is 12.4 Å². The zero-order valence-electron chi connectivity index (χ0n) is 13.4. The van der Waals surface area contributed by atoms with Gasteiger partial charge in [-0.05, 0) is 24.6 Å². The second-order valence-electron chi connectivity index (χ2n) is 5.52. The molecule has 8 heteroatoms. The number of benzene rings is 1. The van der Waals surface area contributed by atoms with Crippen molar-refractivity contribution in [3.63, 3.8) is 0 Å². The maximum atomic E-state index is 12.1. The first-order valence-electron chi connectivity index (χ1n) is 7.55. The second-order valence-corrected chi connectivity index (χ2v) is 5.52. The van der Waals surface area contributed by atoms with Crippen LogP contribution in [0.15, 0.2) is 48.8 Å². The number of halogens is 2. The van der Waals surface area contributed by atoms with Crippen LogP contribution >= 0.6 is 24.8 Å². The zero-order chi connectivity index (χ0) is 16.1. The van der Waals surface area contributed by atoms with E-state index in [1.54, 1.807) is 24.5 Å². The van der Waals surface area contributed by atoms with Gasteiger partial charge in [0.05, 0.1) is 12.1 Å². The molecule has 1 aliphatic rings. The molecule has 2 unspecified atom stereocenters. The maximum Gasteiger partial charge on any atom is 0.241 e. The number of hydrogen-bond acceptors (Lipinski definition) is 5. The van der Waals surface area contributed by atoms with Crippen LogP contribution < -0.4 is 15.4 Å². The van der Waals surface area contributed by atoms with Crippen molar-refractivity contribution >= 4 is 36.4 Å². The number of aliphatic hydroxyl groups excluding tert-OH is 1. The Balaban J connectivity index is 0.00000156. The molecule has 0 saturated carbocycles. The molecular weight excluding hydrogens is 365 g/mol. The van der Waals surface area contributed by atoms with Crippen molar-refractivity contribution in [2.24, 2.45) is 0 Å². The summed E-state index contributed by atoms with van der Waals surface area (Å²) in [6.45, 7) is 0.869. The lowest BCUT2D eigenvalue weighted by Crippen LogP contribution is -2.35. The minimum atomic E-state index is -0.458. The number of carbonyl (C=O) groups is 1. The lowest BCUT2D eigenvalue weighted by Gasteiger charge is -2.12. The SMILES string of the molecule is Cl.Cl.O=C(Nc1cccc(OCc2cccnc2)c1)C1CC(O)CN1. The minimum Gasteiger partial charge on any atom is -0.489 e. The van der Waals surface area contributed by atoms with Crippen molar-refractivity contribution in [3.05, 3.63) is 54.4 Å². The van der Waals surface area contributed by atoms with Crippen LogP contribution in [0.4, 0.5) is 5.69 Å². The van der Waals surface area contributed by atoms with Crippen LogP contribution in [0.25, 0.3) is 0 Å². The summed E-state index contributed by atoms with van der Waals surface area (Å²) in [6.07, 6.45) is 3.44. The highest BCUT2D eigenvalue weighted by molar-refractivity contribution is 5.95. The highest BCUT2D eigenvalue weighted by Gasteiger charge is 2.27. The smallest absolute Gasteiger partial charge is 0.241 e. The van der Waals surface area contributed by atoms with Crippen molar-refractivity contribution in [2.45, 2.75) is 25.2 Å². The van der Waals surface area contributed by atoms with E-state index in [1.807, 2.05) is 24.3 Å². The molecule has 0 radical (unpaired) electrons. The van der Waals surface area contributed by atoms with Crippen molar-refractivity contribution in [3.8, 4) is 5.75 Å². The van der Waals surface area contributed by atoms with E-state index in [0.717, 1.165) is 5.56 Å². The summed E-state index contributed by atoms with van der Waals surface area (Å²) in [5, 5.41) is 15.3. The molecule has 2 atom stereocenters. The Morgan fingerprint density at radius 1 is 1.32 bits per heavy atom. The number of aliphatic hydroxyl groups is 1. The lowest BCUT2D eigenvalue weighted by molar-refractivity contribution is -0.117. The summed E-state index contributed by atoms with van der Waals surface area (Å²) in [5.74, 6) is 0.525. The molecule has 6 nitrogen and oxygen atoms in total. The summed E-state index contributed by atoms with van der Waals surface area (Å²) in [7, 11) is 0. The van der Waals surface area contributed by atoms with Crippen LogP contribution in [0.1, 0.15) is 12.0 Å². The van der Waals surface area contributed by atoms with Gasteiger partial charge in [-0.15, -0.1) is 24.8 Å². The van der Waals surface area contributed by atoms with Gasteiger partial charge in [-0.3, -0.25) is 9.78 Å². The molecule has 1 aromatic heterocycles. The molecule has 0 aliphatic carbocycles. The number of carbonyl (C=O) groups excluding carboxylic acids is 1. The Hall–Kier alpha value is -1.86. The van der Waals surface area contributed by atoms with Crippen molar-refractivity contribution in [1.29, 1.82) is 0 Å². The van der Waals surface area contributed by atoms with Gasteiger partial charge in [-0.2, -0.15) is 0 Å². The van der Waals surface area contributed by atoms with E-state index >= 15 is 0 Å². The number of β-amino-alcohol motifs (C(OH)–C–C–N with tert-alkyl or cyclic N) is 1. The highest BCUT2D eigenvalue weighted by atomic mass is 35.5. The second kappa shape index (κ2) is 10.2. The van der Waals surface area contributed by atoms with Crippen molar-refractivity contribution in [1.82, 2.24) is 10.3 Å². The van der Waals surface area contributed by atoms with E-state index in [0.29, 0.717) is 31.0 Å². The topological polar surface area (TPSA) is 83.5 Å². The van der Waals surface area contributed by atoms with Crippen LogP contribution in [-0.4, -0.2) is 34.7 Å². The number of amides is 1. The Morgan fingerprint density at radius 2 is 2.16 bits per heavy atom. The number of ether oxygens (including phenoxy) is 1. The van der Waals surface area contributed by atoms with Gasteiger partial charge in [0.2, 0.25) is 5.91 Å². The maximum absolute atomic E-state index is 12.1. The van der Waals surface area contributed by atoms with Gasteiger partial charge in [0.25, 0.3) is 0 Å². The molecule has 2 heterocycles. The number of aromatic nitrogens is 1. The third-order valence-electron chi connectivity index (χ3n) is 3.65. The molecular formula is C17H21Cl2N3O3. The lowest BCUT2D eigenvalue weighted by atomic mass is 10.2. The number of nitrogens with zero attached hydrogens (tertiary/aromatic N) is 1. The largest absolute Gasteiger partial charge is 0.489 e. The summed E-state index contributed by atoms with van der Waals surface area (Å²) in [5.41, 5.74) is 1.65. The third-order valence-corrected chi connectivity index (χ3v) is 3.65. The molecule has 0 bridgehead atoms. The normalized spacial score (nSPS) is 18.6. The monoisotopic (exact) mass is 385 g/mol. The van der Waals surface area contributed by atoms with E-state index < -0.39 is 6.10 Å². The van der Waals surface area contributed by atoms with E-state index in [9.17, 15) is 9.90 Å². The Labute approximate surface area is 158 Å². The average molecular weight is 386 g/mol. The third kappa shape index (κ3) is 6.17. The quantitative estimate of drug-likeness (QED) is 0.734. The van der Waals surface area contributed by atoms with Gasteiger partial charge >= 0.3 is 0 Å². The van der Waals surface area contributed by atoms with Crippen LogP contribution in [0.3, 0.4) is 0 Å². The Morgan fingerprint density at radius 3 is 2.84 bits per heavy atom. The molecule has 1 aromatic carbocycles. The number of hydrogen-bond donors (Lipinski definition) is 3. The average Bonchev–Trinajstić information content (AvgIpc) is 3.01. The first-order chi connectivity index (χ1) is 11.2. The van der Waals surface area contributed by atoms with Gasteiger partial charge in [0.15, 0.2) is 0 Å². The number of rotatable bonds is 5. The van der Waals surface area contributed by atoms with Crippen LogP contribution in [-0.2, 0) is 11.4 Å². The first kappa shape index (κ1) is 21.2. The molecule has 136 valence electrons. The molecule has 25 heavy (non-hydrogen) atoms. The van der Waals surface area contributed by atoms with Crippen molar-refractivity contribution in [2.75, 3.05) is 11.9 Å². The number of nitrogens with one attached hydrogen (secondary N) is 2. The Kier molecular flexibility index (Phi) is 8.65. The predicted molar refractivity (Wildman–Crippen MR) is 101 cm³/mol. The van der Waals surface area contributed by atoms with Gasteiger partial charge < -0.3 is 20.5 Å². The van der Waals surface area contributed by atoms with E-state index in [1.165, 1.54) is 0 Å². The van der Waals surface area contributed by atoms with Gasteiger partial charge in [-0.1, -0.05) is 12.1 Å². The first-order valence-corrected chi connectivity index (χ1v) is 7.55. The standard InChI is InChI=1S/C17H19N3O3.2ClH/c21-14-8-16(19-10-14)17(22)20-13-4-1-5-15(7-13)23-11-12-3-2-6-18-9-12;;/h1-7,9,14,16,19,21H,8,10-11H2,(H,20,22);2*1H. The number of pyridine rings is 1.